The maximum atomic E-state index is 12.3. The van der Waals surface area contributed by atoms with Crippen molar-refractivity contribution in [1.29, 1.82) is 0 Å². The Labute approximate surface area is 217 Å². The van der Waals surface area contributed by atoms with Crippen LogP contribution in [0.5, 0.6) is 5.75 Å². The van der Waals surface area contributed by atoms with Gasteiger partial charge < -0.3 is 19.7 Å². The molecule has 2 N–H and O–H groups in total. The number of halogens is 4. The van der Waals surface area contributed by atoms with Gasteiger partial charge in [0.15, 0.2) is 5.69 Å². The average Bonchev–Trinajstić information content (AvgIpc) is 3.14. The number of hydrogen-bond donors (Lipinski definition) is 2. The smallest absolute Gasteiger partial charge is 0.476 e. The van der Waals surface area contributed by atoms with Gasteiger partial charge in [-0.05, 0) is 59.7 Å². The first-order valence-electron chi connectivity index (χ1n) is 11.8. The van der Waals surface area contributed by atoms with E-state index < -0.39 is 12.3 Å². The third kappa shape index (κ3) is 7.95. The van der Waals surface area contributed by atoms with Gasteiger partial charge in [-0.1, -0.05) is 35.9 Å². The van der Waals surface area contributed by atoms with Crippen molar-refractivity contribution < 1.29 is 27.8 Å². The molecule has 2 aromatic carbocycles. The van der Waals surface area contributed by atoms with Crippen molar-refractivity contribution in [2.24, 2.45) is 24.8 Å². The van der Waals surface area contributed by atoms with Gasteiger partial charge in [0, 0.05) is 44.4 Å². The number of piperidine rings is 1. The second kappa shape index (κ2) is 11.5. The van der Waals surface area contributed by atoms with E-state index in [9.17, 15) is 18.0 Å². The van der Waals surface area contributed by atoms with E-state index in [1.807, 2.05) is 12.1 Å². The van der Waals surface area contributed by atoms with Crippen molar-refractivity contribution in [2.75, 3.05) is 19.6 Å². The van der Waals surface area contributed by atoms with Crippen LogP contribution in [0.4, 0.5) is 13.2 Å². The molecule has 1 aliphatic carbocycles. The van der Waals surface area contributed by atoms with E-state index in [1.165, 1.54) is 30.2 Å². The van der Waals surface area contributed by atoms with Crippen LogP contribution in [0.15, 0.2) is 61.1 Å². The predicted molar refractivity (Wildman–Crippen MR) is 132 cm³/mol. The highest BCUT2D eigenvalue weighted by molar-refractivity contribution is 6.30. The molecule has 1 saturated carbocycles. The Hall–Kier alpha value is -3.08. The summed E-state index contributed by atoms with van der Waals surface area (Å²) in [6.45, 7) is 4.60. The van der Waals surface area contributed by atoms with Crippen LogP contribution in [0.2, 0.25) is 5.02 Å². The predicted octanol–water partition coefficient (Wildman–Crippen LogP) is 4.82. The quantitative estimate of drug-likeness (QED) is 0.429. The van der Waals surface area contributed by atoms with Crippen molar-refractivity contribution in [2.45, 2.75) is 19.5 Å². The van der Waals surface area contributed by atoms with Crippen LogP contribution in [0.1, 0.15) is 21.6 Å². The standard InChI is InChI=1S/C21H22ClF3N2O.C5H6N2O2/c22-16-6-4-14(5-7-16)11-27-12-19-18(20(19)13-27)10-26-9-15-2-1-3-17(8-15)28-21(23,24)25;1-7-2-4(5(8)9)6-3-7/h1-8,18-20,26H,9-13H2;2-3H,1H3,(H,8,9). The van der Waals surface area contributed by atoms with E-state index in [1.54, 1.807) is 23.7 Å². The first-order chi connectivity index (χ1) is 17.6. The van der Waals surface area contributed by atoms with E-state index in [0.717, 1.165) is 48.6 Å². The molecule has 2 aliphatic rings. The number of likely N-dealkylation sites (tertiary alicyclic amines) is 1. The van der Waals surface area contributed by atoms with Gasteiger partial charge in [0.25, 0.3) is 0 Å². The Balaban J connectivity index is 0.000000301. The number of carboxylic acids is 1. The zero-order chi connectivity index (χ0) is 26.6. The van der Waals surface area contributed by atoms with Crippen molar-refractivity contribution in [3.05, 3.63) is 82.9 Å². The average molecular weight is 537 g/mol. The summed E-state index contributed by atoms with van der Waals surface area (Å²) >= 11 is 5.93. The summed E-state index contributed by atoms with van der Waals surface area (Å²) in [6, 6.07) is 14.1. The highest BCUT2D eigenvalue weighted by Gasteiger charge is 2.54. The van der Waals surface area contributed by atoms with Crippen LogP contribution in [-0.2, 0) is 20.1 Å². The molecule has 5 rings (SSSR count). The Morgan fingerprint density at radius 2 is 1.86 bits per heavy atom. The molecule has 1 aromatic heterocycles. The number of aromatic carboxylic acids is 1. The van der Waals surface area contributed by atoms with Gasteiger partial charge in [-0.15, -0.1) is 13.2 Å². The van der Waals surface area contributed by atoms with Gasteiger partial charge >= 0.3 is 12.3 Å². The lowest BCUT2D eigenvalue weighted by molar-refractivity contribution is -0.274. The summed E-state index contributed by atoms with van der Waals surface area (Å²) in [7, 11) is 1.72. The number of nitrogens with one attached hydrogen (secondary N) is 1. The molecule has 0 spiro atoms. The number of aryl methyl sites for hydroxylation is 1. The summed E-state index contributed by atoms with van der Waals surface area (Å²) in [5.74, 6) is 0.944. The number of rotatable bonds is 8. The van der Waals surface area contributed by atoms with E-state index in [-0.39, 0.29) is 11.4 Å². The minimum Gasteiger partial charge on any atom is -0.476 e. The zero-order valence-corrected chi connectivity index (χ0v) is 20.9. The van der Waals surface area contributed by atoms with Crippen LogP contribution in [-0.4, -0.2) is 51.5 Å². The number of alkyl halides is 3. The molecule has 198 valence electrons. The fourth-order valence-corrected chi connectivity index (χ4v) is 4.90. The van der Waals surface area contributed by atoms with Gasteiger partial charge in [0.1, 0.15) is 5.75 Å². The third-order valence-electron chi connectivity index (χ3n) is 6.53. The van der Waals surface area contributed by atoms with Crippen LogP contribution < -0.4 is 10.1 Å². The molecule has 1 aliphatic heterocycles. The molecule has 1 saturated heterocycles. The molecule has 2 heterocycles. The van der Waals surface area contributed by atoms with Gasteiger partial charge in [0.05, 0.1) is 6.33 Å². The zero-order valence-electron chi connectivity index (χ0n) is 20.2. The van der Waals surface area contributed by atoms with Crippen LogP contribution in [0.3, 0.4) is 0 Å². The van der Waals surface area contributed by atoms with Crippen molar-refractivity contribution >= 4 is 17.6 Å². The highest BCUT2D eigenvalue weighted by Crippen LogP contribution is 2.51. The number of ether oxygens (including phenoxy) is 1. The molecular weight excluding hydrogens is 509 g/mol. The molecule has 7 nitrogen and oxygen atoms in total. The highest BCUT2D eigenvalue weighted by atomic mass is 35.5. The first kappa shape index (κ1) is 27.0. The second-order valence-corrected chi connectivity index (χ2v) is 9.80. The topological polar surface area (TPSA) is 79.6 Å². The normalized spacial score (nSPS) is 20.6. The number of nitrogens with zero attached hydrogens (tertiary/aromatic N) is 3. The van der Waals surface area contributed by atoms with Crippen LogP contribution in [0.25, 0.3) is 0 Å². The molecule has 2 unspecified atom stereocenters. The maximum absolute atomic E-state index is 12.3. The molecule has 0 bridgehead atoms. The van der Waals surface area contributed by atoms with Gasteiger partial charge in [-0.25, -0.2) is 9.78 Å². The Bertz CT molecular complexity index is 1190. The third-order valence-corrected chi connectivity index (χ3v) is 6.78. The monoisotopic (exact) mass is 536 g/mol. The molecule has 2 fully saturated rings. The van der Waals surface area contributed by atoms with E-state index in [0.29, 0.717) is 12.5 Å². The minimum absolute atomic E-state index is 0.0810. The Morgan fingerprint density at radius 1 is 1.16 bits per heavy atom. The molecule has 11 heteroatoms. The van der Waals surface area contributed by atoms with E-state index in [2.05, 4.69) is 32.1 Å². The SMILES string of the molecule is Cn1cnc(C(=O)O)c1.FC(F)(F)Oc1cccc(CNCC2C3CN(Cc4ccc(Cl)cc4)CC23)c1. The lowest BCUT2D eigenvalue weighted by Gasteiger charge is -2.19. The summed E-state index contributed by atoms with van der Waals surface area (Å²) in [5.41, 5.74) is 2.15. The van der Waals surface area contributed by atoms with Gasteiger partial charge in [0.2, 0.25) is 0 Å². The van der Waals surface area contributed by atoms with E-state index >= 15 is 0 Å². The number of carboxylic acid groups (broad SMARTS) is 1. The summed E-state index contributed by atoms with van der Waals surface area (Å²) < 4.78 is 42.5. The number of hydrogen-bond acceptors (Lipinski definition) is 5. The molecule has 37 heavy (non-hydrogen) atoms. The maximum Gasteiger partial charge on any atom is 0.573 e. The molecule has 0 radical (unpaired) electrons. The Morgan fingerprint density at radius 3 is 2.43 bits per heavy atom. The summed E-state index contributed by atoms with van der Waals surface area (Å²) in [6.07, 6.45) is -1.76. The number of carbonyl (C=O) groups is 1. The summed E-state index contributed by atoms with van der Waals surface area (Å²) in [4.78, 5) is 16.2. The van der Waals surface area contributed by atoms with Crippen molar-refractivity contribution in [3.63, 3.8) is 0 Å². The fraction of sp³-hybridized carbons (Fsp3) is 0.385. The van der Waals surface area contributed by atoms with Crippen molar-refractivity contribution in [1.82, 2.24) is 19.8 Å². The lowest BCUT2D eigenvalue weighted by atomic mass is 10.2. The molecular formula is C26H28ClF3N4O3. The first-order valence-corrected chi connectivity index (χ1v) is 12.2. The number of aromatic nitrogens is 2. The van der Waals surface area contributed by atoms with Gasteiger partial charge in [-0.3, -0.25) is 4.90 Å². The Kier molecular flexibility index (Phi) is 8.41. The summed E-state index contributed by atoms with van der Waals surface area (Å²) in [5, 5.41) is 12.5. The molecule has 0 amide bonds. The number of benzene rings is 2. The van der Waals surface area contributed by atoms with E-state index in [4.69, 9.17) is 16.7 Å². The van der Waals surface area contributed by atoms with Crippen LogP contribution >= 0.6 is 11.6 Å². The largest absolute Gasteiger partial charge is 0.573 e. The van der Waals surface area contributed by atoms with Crippen LogP contribution in [0, 0.1) is 17.8 Å². The molecule has 2 atom stereocenters. The number of fused-ring (bicyclic) bond motifs is 1. The second-order valence-electron chi connectivity index (χ2n) is 9.37. The molecule has 3 aromatic rings. The van der Waals surface area contributed by atoms with Gasteiger partial charge in [-0.2, -0.15) is 0 Å². The minimum atomic E-state index is -4.66. The number of imidazole rings is 1. The lowest BCUT2D eigenvalue weighted by Crippen LogP contribution is -2.27. The van der Waals surface area contributed by atoms with Crippen molar-refractivity contribution in [3.8, 4) is 5.75 Å². The fourth-order valence-electron chi connectivity index (χ4n) is 4.78.